The van der Waals surface area contributed by atoms with E-state index >= 15 is 0 Å². The standard InChI is InChI=1S/C18H17ClOS/c19-18-7-2-1-6-17(18)14-21-13-16-10-8-15(9-11-16)5-3-4-12-20/h1-2,6-11,20H,4,12-14H2. The maximum Gasteiger partial charge on any atom is 0.0540 e. The fourth-order valence-electron chi connectivity index (χ4n) is 1.80. The number of rotatable bonds is 5. The Morgan fingerprint density at radius 3 is 2.48 bits per heavy atom. The van der Waals surface area contributed by atoms with Gasteiger partial charge in [0.1, 0.15) is 0 Å². The first-order valence-electron chi connectivity index (χ1n) is 6.79. The summed E-state index contributed by atoms with van der Waals surface area (Å²) in [5.41, 5.74) is 3.44. The molecule has 2 rings (SSSR count). The van der Waals surface area contributed by atoms with Crippen LogP contribution in [0.15, 0.2) is 48.5 Å². The second-order valence-electron chi connectivity index (χ2n) is 4.56. The molecule has 1 N–H and O–H groups in total. The van der Waals surface area contributed by atoms with Crippen LogP contribution in [-0.4, -0.2) is 11.7 Å². The predicted molar refractivity (Wildman–Crippen MR) is 91.5 cm³/mol. The molecule has 0 saturated carbocycles. The van der Waals surface area contributed by atoms with Crippen molar-refractivity contribution in [2.75, 3.05) is 6.61 Å². The van der Waals surface area contributed by atoms with Crippen LogP contribution in [0.1, 0.15) is 23.1 Å². The molecule has 0 atom stereocenters. The molecule has 0 spiro atoms. The van der Waals surface area contributed by atoms with E-state index in [-0.39, 0.29) is 6.61 Å². The highest BCUT2D eigenvalue weighted by Gasteiger charge is 2.00. The van der Waals surface area contributed by atoms with E-state index in [1.807, 2.05) is 42.1 Å². The average Bonchev–Trinajstić information content (AvgIpc) is 2.51. The van der Waals surface area contributed by atoms with Gasteiger partial charge >= 0.3 is 0 Å². The van der Waals surface area contributed by atoms with Crippen molar-refractivity contribution in [3.8, 4) is 11.8 Å². The first-order chi connectivity index (χ1) is 10.3. The maximum atomic E-state index is 8.68. The Morgan fingerprint density at radius 2 is 1.76 bits per heavy atom. The lowest BCUT2D eigenvalue weighted by molar-refractivity contribution is 0.305. The van der Waals surface area contributed by atoms with E-state index < -0.39 is 0 Å². The summed E-state index contributed by atoms with van der Waals surface area (Å²) in [7, 11) is 0. The molecule has 0 amide bonds. The van der Waals surface area contributed by atoms with Gasteiger partial charge in [0.05, 0.1) is 6.61 Å². The van der Waals surface area contributed by atoms with Gasteiger partial charge in [0, 0.05) is 28.5 Å². The fraction of sp³-hybridized carbons (Fsp3) is 0.222. The number of halogens is 1. The number of hydrogen-bond donors (Lipinski definition) is 1. The summed E-state index contributed by atoms with van der Waals surface area (Å²) in [6, 6.07) is 16.2. The molecule has 0 aromatic heterocycles. The Labute approximate surface area is 135 Å². The van der Waals surface area contributed by atoms with Gasteiger partial charge < -0.3 is 5.11 Å². The Hall–Kier alpha value is -1.40. The van der Waals surface area contributed by atoms with Crippen LogP contribution in [0.3, 0.4) is 0 Å². The minimum atomic E-state index is 0.115. The van der Waals surface area contributed by atoms with E-state index in [2.05, 4.69) is 30.0 Å². The zero-order valence-electron chi connectivity index (χ0n) is 11.7. The van der Waals surface area contributed by atoms with Gasteiger partial charge in [0.25, 0.3) is 0 Å². The molecule has 2 aromatic carbocycles. The minimum absolute atomic E-state index is 0.115. The van der Waals surface area contributed by atoms with Crippen molar-refractivity contribution >= 4 is 23.4 Å². The topological polar surface area (TPSA) is 20.2 Å². The molecule has 108 valence electrons. The molecule has 0 aliphatic rings. The van der Waals surface area contributed by atoms with Crippen LogP contribution >= 0.6 is 23.4 Å². The van der Waals surface area contributed by atoms with Crippen LogP contribution in [0.25, 0.3) is 0 Å². The van der Waals surface area contributed by atoms with E-state index in [0.29, 0.717) is 6.42 Å². The Morgan fingerprint density at radius 1 is 1.00 bits per heavy atom. The predicted octanol–water partition coefficient (Wildman–Crippen LogP) is 4.51. The van der Waals surface area contributed by atoms with Crippen LogP contribution in [0.2, 0.25) is 5.02 Å². The number of hydrogen-bond acceptors (Lipinski definition) is 2. The summed E-state index contributed by atoms with van der Waals surface area (Å²) in [4.78, 5) is 0. The van der Waals surface area contributed by atoms with Gasteiger partial charge in [-0.05, 0) is 29.3 Å². The summed E-state index contributed by atoms with van der Waals surface area (Å²) >= 11 is 7.99. The van der Waals surface area contributed by atoms with E-state index in [1.165, 1.54) is 11.1 Å². The normalized spacial score (nSPS) is 10.0. The van der Waals surface area contributed by atoms with Crippen LogP contribution < -0.4 is 0 Å². The summed E-state index contributed by atoms with van der Waals surface area (Å²) < 4.78 is 0. The van der Waals surface area contributed by atoms with Crippen molar-refractivity contribution in [3.05, 3.63) is 70.2 Å². The quantitative estimate of drug-likeness (QED) is 0.819. The average molecular weight is 317 g/mol. The first-order valence-corrected chi connectivity index (χ1v) is 8.32. The number of benzene rings is 2. The number of aliphatic hydroxyl groups excluding tert-OH is 1. The Balaban J connectivity index is 1.84. The molecule has 0 aliphatic heterocycles. The molecule has 1 nitrogen and oxygen atoms in total. The van der Waals surface area contributed by atoms with Crippen molar-refractivity contribution in [3.63, 3.8) is 0 Å². The molecule has 0 unspecified atom stereocenters. The van der Waals surface area contributed by atoms with Gasteiger partial charge in [-0.2, -0.15) is 11.8 Å². The van der Waals surface area contributed by atoms with Gasteiger partial charge in [0.2, 0.25) is 0 Å². The summed E-state index contributed by atoms with van der Waals surface area (Å²) in [6.07, 6.45) is 0.523. The lowest BCUT2D eigenvalue weighted by Crippen LogP contribution is -1.85. The monoisotopic (exact) mass is 316 g/mol. The molecule has 0 fully saturated rings. The third-order valence-corrected chi connectivity index (χ3v) is 4.33. The zero-order chi connectivity index (χ0) is 14.9. The summed E-state index contributed by atoms with van der Waals surface area (Å²) in [5, 5.41) is 9.52. The number of thioether (sulfide) groups is 1. The van der Waals surface area contributed by atoms with Gasteiger partial charge in [0.15, 0.2) is 0 Å². The summed E-state index contributed by atoms with van der Waals surface area (Å²) in [6.45, 7) is 0.115. The molecule has 0 saturated heterocycles. The molecule has 0 aliphatic carbocycles. The van der Waals surface area contributed by atoms with Crippen molar-refractivity contribution in [1.82, 2.24) is 0 Å². The largest absolute Gasteiger partial charge is 0.395 e. The highest BCUT2D eigenvalue weighted by Crippen LogP contribution is 2.23. The van der Waals surface area contributed by atoms with E-state index in [0.717, 1.165) is 22.1 Å². The lowest BCUT2D eigenvalue weighted by atomic mass is 10.1. The summed E-state index contributed by atoms with van der Waals surface area (Å²) in [5.74, 6) is 7.82. The van der Waals surface area contributed by atoms with Crippen molar-refractivity contribution < 1.29 is 5.11 Å². The SMILES string of the molecule is OCCC#Cc1ccc(CSCc2ccccc2Cl)cc1. The second-order valence-corrected chi connectivity index (χ2v) is 5.95. The Bertz CT molecular complexity index is 626. The molecular formula is C18H17ClOS. The zero-order valence-corrected chi connectivity index (χ0v) is 13.3. The molecule has 0 heterocycles. The second kappa shape index (κ2) is 8.79. The fourth-order valence-corrected chi connectivity index (χ4v) is 3.08. The van der Waals surface area contributed by atoms with Crippen molar-refractivity contribution in [2.24, 2.45) is 0 Å². The highest BCUT2D eigenvalue weighted by atomic mass is 35.5. The molecule has 0 radical (unpaired) electrons. The first kappa shape index (κ1) is 16.0. The van der Waals surface area contributed by atoms with Gasteiger partial charge in [-0.25, -0.2) is 0 Å². The molecular weight excluding hydrogens is 300 g/mol. The van der Waals surface area contributed by atoms with Crippen LogP contribution in [-0.2, 0) is 11.5 Å². The lowest BCUT2D eigenvalue weighted by Gasteiger charge is -2.04. The van der Waals surface area contributed by atoms with Crippen molar-refractivity contribution in [1.29, 1.82) is 0 Å². The molecule has 0 bridgehead atoms. The molecule has 21 heavy (non-hydrogen) atoms. The van der Waals surface area contributed by atoms with E-state index in [9.17, 15) is 0 Å². The number of aliphatic hydroxyl groups is 1. The van der Waals surface area contributed by atoms with Crippen LogP contribution in [0.5, 0.6) is 0 Å². The van der Waals surface area contributed by atoms with Crippen molar-refractivity contribution in [2.45, 2.75) is 17.9 Å². The minimum Gasteiger partial charge on any atom is -0.395 e. The molecule has 3 heteroatoms. The van der Waals surface area contributed by atoms with E-state index in [1.54, 1.807) is 0 Å². The van der Waals surface area contributed by atoms with Gasteiger partial charge in [-0.15, -0.1) is 0 Å². The molecule has 2 aromatic rings. The van der Waals surface area contributed by atoms with E-state index in [4.69, 9.17) is 16.7 Å². The Kier molecular flexibility index (Phi) is 6.69. The van der Waals surface area contributed by atoms with Crippen LogP contribution in [0, 0.1) is 11.8 Å². The smallest absolute Gasteiger partial charge is 0.0540 e. The van der Waals surface area contributed by atoms with Crippen LogP contribution in [0.4, 0.5) is 0 Å². The third kappa shape index (κ3) is 5.47. The van der Waals surface area contributed by atoms with Gasteiger partial charge in [-0.3, -0.25) is 0 Å². The van der Waals surface area contributed by atoms with Gasteiger partial charge in [-0.1, -0.05) is 53.8 Å². The maximum absolute atomic E-state index is 8.68. The highest BCUT2D eigenvalue weighted by molar-refractivity contribution is 7.97. The third-order valence-electron chi connectivity index (χ3n) is 2.91.